The molecule has 3 aromatic carbocycles. The molecule has 7 heteroatoms. The summed E-state index contributed by atoms with van der Waals surface area (Å²) >= 11 is 5.92. The van der Waals surface area contributed by atoms with Crippen LogP contribution in [0.25, 0.3) is 0 Å². The van der Waals surface area contributed by atoms with Crippen LogP contribution in [0.2, 0.25) is 5.02 Å². The van der Waals surface area contributed by atoms with E-state index in [0.29, 0.717) is 29.2 Å². The van der Waals surface area contributed by atoms with Gasteiger partial charge in [0.1, 0.15) is 0 Å². The third kappa shape index (κ3) is 3.93. The Morgan fingerprint density at radius 3 is 2.43 bits per heavy atom. The molecule has 0 bridgehead atoms. The zero-order valence-electron chi connectivity index (χ0n) is 16.4. The van der Waals surface area contributed by atoms with E-state index in [1.165, 1.54) is 4.31 Å². The number of carbonyl (C=O) groups excluding carboxylic acids is 1. The van der Waals surface area contributed by atoms with Gasteiger partial charge in [-0.15, -0.1) is 0 Å². The van der Waals surface area contributed by atoms with Crippen LogP contribution in [0.15, 0.2) is 77.7 Å². The highest BCUT2D eigenvalue weighted by atomic mass is 35.5. The summed E-state index contributed by atoms with van der Waals surface area (Å²) < 4.78 is 27.4. The van der Waals surface area contributed by atoms with Crippen LogP contribution in [0.5, 0.6) is 0 Å². The molecule has 1 aliphatic heterocycles. The first-order chi connectivity index (χ1) is 14.4. The molecule has 30 heavy (non-hydrogen) atoms. The van der Waals surface area contributed by atoms with E-state index in [9.17, 15) is 13.2 Å². The minimum atomic E-state index is -3.62. The second kappa shape index (κ2) is 8.13. The van der Waals surface area contributed by atoms with Crippen molar-refractivity contribution < 1.29 is 13.2 Å². The van der Waals surface area contributed by atoms with Gasteiger partial charge in [0.05, 0.1) is 16.6 Å². The zero-order valence-corrected chi connectivity index (χ0v) is 18.0. The number of benzene rings is 3. The largest absolute Gasteiger partial charge is 0.346 e. The lowest BCUT2D eigenvalue weighted by molar-refractivity contribution is 0.0940. The first-order valence-corrected chi connectivity index (χ1v) is 11.4. The van der Waals surface area contributed by atoms with E-state index in [1.807, 2.05) is 19.1 Å². The predicted molar refractivity (Wildman–Crippen MR) is 118 cm³/mol. The van der Waals surface area contributed by atoms with Crippen molar-refractivity contribution in [3.8, 4) is 0 Å². The van der Waals surface area contributed by atoms with Gasteiger partial charge >= 0.3 is 0 Å². The Morgan fingerprint density at radius 2 is 1.73 bits per heavy atom. The van der Waals surface area contributed by atoms with Gasteiger partial charge in [-0.1, -0.05) is 41.9 Å². The molecule has 1 aliphatic rings. The summed E-state index contributed by atoms with van der Waals surface area (Å²) in [6.45, 7) is 2.27. The maximum absolute atomic E-state index is 13.0. The summed E-state index contributed by atoms with van der Waals surface area (Å²) in [5, 5.41) is 3.62. The van der Waals surface area contributed by atoms with Crippen LogP contribution >= 0.6 is 11.6 Å². The van der Waals surface area contributed by atoms with Crippen LogP contribution in [0.3, 0.4) is 0 Å². The standard InChI is InChI=1S/C23H21ClN2O3S/c1-16(17-7-10-20(24)11-8-17)25-23(27)19-9-12-22-18(15-19)13-14-26(22)30(28,29)21-5-3-2-4-6-21/h2-12,15-16H,13-14H2,1H3,(H,25,27)/t16-/m1/s1. The fourth-order valence-electron chi connectivity index (χ4n) is 3.60. The molecule has 1 atom stereocenters. The number of sulfonamides is 1. The third-order valence-electron chi connectivity index (χ3n) is 5.24. The highest BCUT2D eigenvalue weighted by Gasteiger charge is 2.31. The second-order valence-electron chi connectivity index (χ2n) is 7.23. The molecule has 0 aliphatic carbocycles. The van der Waals surface area contributed by atoms with E-state index in [1.54, 1.807) is 60.7 Å². The third-order valence-corrected chi connectivity index (χ3v) is 7.32. The molecule has 4 rings (SSSR count). The lowest BCUT2D eigenvalue weighted by Gasteiger charge is -2.20. The van der Waals surface area contributed by atoms with Crippen molar-refractivity contribution in [3.63, 3.8) is 0 Å². The zero-order chi connectivity index (χ0) is 21.3. The molecule has 1 amide bonds. The van der Waals surface area contributed by atoms with E-state index in [-0.39, 0.29) is 16.8 Å². The van der Waals surface area contributed by atoms with Gasteiger partial charge in [0, 0.05) is 17.1 Å². The topological polar surface area (TPSA) is 66.5 Å². The quantitative estimate of drug-likeness (QED) is 0.631. The average Bonchev–Trinajstić information content (AvgIpc) is 3.19. The molecular formula is C23H21ClN2O3S. The number of halogens is 1. The number of carbonyl (C=O) groups is 1. The molecule has 0 fully saturated rings. The van der Waals surface area contributed by atoms with E-state index in [4.69, 9.17) is 11.6 Å². The number of nitrogens with zero attached hydrogens (tertiary/aromatic N) is 1. The number of amides is 1. The minimum absolute atomic E-state index is 0.182. The van der Waals surface area contributed by atoms with E-state index >= 15 is 0 Å². The number of rotatable bonds is 5. The normalized spacial score (nSPS) is 14.3. The first-order valence-electron chi connectivity index (χ1n) is 9.63. The highest BCUT2D eigenvalue weighted by molar-refractivity contribution is 7.92. The summed E-state index contributed by atoms with van der Waals surface area (Å²) in [5.41, 5.74) is 2.94. The maximum Gasteiger partial charge on any atom is 0.264 e. The van der Waals surface area contributed by atoms with Crippen LogP contribution in [0.1, 0.15) is 34.5 Å². The Kier molecular flexibility index (Phi) is 5.54. The molecule has 0 saturated heterocycles. The Morgan fingerprint density at radius 1 is 1.03 bits per heavy atom. The van der Waals surface area contributed by atoms with E-state index in [2.05, 4.69) is 5.32 Å². The van der Waals surface area contributed by atoms with Crippen molar-refractivity contribution >= 4 is 33.2 Å². The first kappa shape index (κ1) is 20.4. The van der Waals surface area contributed by atoms with Crippen LogP contribution in [-0.4, -0.2) is 20.9 Å². The van der Waals surface area contributed by atoms with Crippen LogP contribution in [0.4, 0.5) is 5.69 Å². The Hall–Kier alpha value is -2.83. The second-order valence-corrected chi connectivity index (χ2v) is 9.53. The predicted octanol–water partition coefficient (Wildman–Crippen LogP) is 4.58. The summed E-state index contributed by atoms with van der Waals surface area (Å²) in [6, 6.07) is 20.7. The number of fused-ring (bicyclic) bond motifs is 1. The van der Waals surface area contributed by atoms with Gasteiger partial charge in [-0.05, 0) is 66.9 Å². The average molecular weight is 441 g/mol. The Bertz CT molecular complexity index is 1180. The summed E-state index contributed by atoms with van der Waals surface area (Å²) in [4.78, 5) is 13.0. The molecule has 3 aromatic rings. The van der Waals surface area contributed by atoms with Crippen molar-refractivity contribution in [2.45, 2.75) is 24.3 Å². The molecule has 154 valence electrons. The molecule has 5 nitrogen and oxygen atoms in total. The van der Waals surface area contributed by atoms with Crippen LogP contribution < -0.4 is 9.62 Å². The fourth-order valence-corrected chi connectivity index (χ4v) is 5.25. The maximum atomic E-state index is 13.0. The van der Waals surface area contributed by atoms with E-state index < -0.39 is 10.0 Å². The fraction of sp³-hybridized carbons (Fsp3) is 0.174. The van der Waals surface area contributed by atoms with Gasteiger partial charge in [-0.3, -0.25) is 9.10 Å². The highest BCUT2D eigenvalue weighted by Crippen LogP contribution is 2.33. The van der Waals surface area contributed by atoms with E-state index in [0.717, 1.165) is 11.1 Å². The number of anilines is 1. The SMILES string of the molecule is C[C@@H](NC(=O)c1ccc2c(c1)CCN2S(=O)(=O)c1ccccc1)c1ccc(Cl)cc1. The van der Waals surface area contributed by atoms with Gasteiger partial charge in [-0.25, -0.2) is 8.42 Å². The lowest BCUT2D eigenvalue weighted by atomic mass is 10.1. The molecule has 0 spiro atoms. The molecule has 1 N–H and O–H groups in total. The lowest BCUT2D eigenvalue weighted by Crippen LogP contribution is -2.29. The molecular weight excluding hydrogens is 420 g/mol. The number of hydrogen-bond donors (Lipinski definition) is 1. The smallest absolute Gasteiger partial charge is 0.264 e. The van der Waals surface area contributed by atoms with Gasteiger partial charge in [0.25, 0.3) is 15.9 Å². The molecule has 0 radical (unpaired) electrons. The van der Waals surface area contributed by atoms with Crippen molar-refractivity contribution in [1.29, 1.82) is 0 Å². The molecule has 0 aromatic heterocycles. The van der Waals surface area contributed by atoms with Gasteiger partial charge in [0.2, 0.25) is 0 Å². The summed E-state index contributed by atoms with van der Waals surface area (Å²) in [7, 11) is -3.62. The monoisotopic (exact) mass is 440 g/mol. The van der Waals surface area contributed by atoms with Crippen LogP contribution in [0, 0.1) is 0 Å². The summed E-state index contributed by atoms with van der Waals surface area (Å²) in [5.74, 6) is -0.204. The van der Waals surface area contributed by atoms with Crippen molar-refractivity contribution in [3.05, 3.63) is 94.5 Å². The number of hydrogen-bond acceptors (Lipinski definition) is 3. The van der Waals surface area contributed by atoms with Gasteiger partial charge < -0.3 is 5.32 Å². The van der Waals surface area contributed by atoms with Crippen molar-refractivity contribution in [2.75, 3.05) is 10.8 Å². The van der Waals surface area contributed by atoms with Crippen molar-refractivity contribution in [1.82, 2.24) is 5.32 Å². The summed E-state index contributed by atoms with van der Waals surface area (Å²) in [6.07, 6.45) is 0.565. The van der Waals surface area contributed by atoms with Crippen molar-refractivity contribution in [2.24, 2.45) is 0 Å². The minimum Gasteiger partial charge on any atom is -0.346 e. The molecule has 0 saturated carbocycles. The number of nitrogens with one attached hydrogen (secondary N) is 1. The van der Waals surface area contributed by atoms with Gasteiger partial charge in [0.15, 0.2) is 0 Å². The molecule has 1 heterocycles. The Labute approximate surface area is 181 Å². The van der Waals surface area contributed by atoms with Gasteiger partial charge in [-0.2, -0.15) is 0 Å². The molecule has 0 unspecified atom stereocenters. The Balaban J connectivity index is 1.53. The van der Waals surface area contributed by atoms with Crippen LogP contribution in [-0.2, 0) is 16.4 Å².